The Labute approximate surface area is 155 Å². The maximum absolute atomic E-state index is 12.6. The second-order valence-electron chi connectivity index (χ2n) is 6.42. The molecule has 0 aliphatic rings. The lowest BCUT2D eigenvalue weighted by Crippen LogP contribution is -2.32. The molecule has 0 saturated heterocycles. The molecule has 26 heavy (non-hydrogen) atoms. The van der Waals surface area contributed by atoms with Gasteiger partial charge in [0.2, 0.25) is 15.9 Å². The number of hydrogen-bond donors (Lipinski definition) is 2. The Hall–Kier alpha value is -2.25. The van der Waals surface area contributed by atoms with Crippen molar-refractivity contribution in [2.24, 2.45) is 0 Å². The van der Waals surface area contributed by atoms with Crippen molar-refractivity contribution in [2.75, 3.05) is 6.54 Å². The van der Waals surface area contributed by atoms with E-state index in [-0.39, 0.29) is 29.8 Å². The van der Waals surface area contributed by atoms with Gasteiger partial charge >= 0.3 is 0 Å². The lowest BCUT2D eigenvalue weighted by molar-refractivity contribution is -0.121. The molecule has 6 nitrogen and oxygen atoms in total. The summed E-state index contributed by atoms with van der Waals surface area (Å²) < 4.78 is 27.6. The predicted molar refractivity (Wildman–Crippen MR) is 101 cm³/mol. The van der Waals surface area contributed by atoms with Gasteiger partial charge in [-0.2, -0.15) is 0 Å². The zero-order valence-electron chi connectivity index (χ0n) is 15.5. The van der Waals surface area contributed by atoms with E-state index in [9.17, 15) is 13.2 Å². The molecule has 2 N–H and O–H groups in total. The minimum atomic E-state index is -3.66. The molecule has 1 aromatic carbocycles. The lowest BCUT2D eigenvalue weighted by Gasteiger charge is -2.15. The Morgan fingerprint density at radius 3 is 2.38 bits per heavy atom. The number of nitrogens with one attached hydrogen (secondary N) is 2. The highest BCUT2D eigenvalue weighted by Gasteiger charge is 2.20. The molecular formula is C19H25N3O3S. The molecule has 1 heterocycles. The van der Waals surface area contributed by atoms with Gasteiger partial charge in [0.05, 0.1) is 16.6 Å². The molecule has 140 valence electrons. The van der Waals surface area contributed by atoms with E-state index < -0.39 is 10.0 Å². The number of benzene rings is 1. The number of amides is 1. The number of pyridine rings is 1. The first-order valence-electron chi connectivity index (χ1n) is 8.48. The number of nitrogens with zero attached hydrogens (tertiary/aromatic N) is 1. The topological polar surface area (TPSA) is 88.2 Å². The molecule has 0 radical (unpaired) electrons. The fourth-order valence-corrected chi connectivity index (χ4v) is 4.46. The molecule has 0 bridgehead atoms. The Morgan fingerprint density at radius 1 is 1.15 bits per heavy atom. The minimum Gasteiger partial charge on any atom is -0.348 e. The van der Waals surface area contributed by atoms with Gasteiger partial charge in [-0.25, -0.2) is 13.1 Å². The third-order valence-electron chi connectivity index (χ3n) is 4.03. The van der Waals surface area contributed by atoms with Gasteiger partial charge in [0.15, 0.2) is 0 Å². The van der Waals surface area contributed by atoms with Crippen LogP contribution in [0.3, 0.4) is 0 Å². The molecule has 2 aromatic rings. The normalized spacial score (nSPS) is 12.6. The Balaban J connectivity index is 1.93. The largest absolute Gasteiger partial charge is 0.348 e. The highest BCUT2D eigenvalue weighted by molar-refractivity contribution is 7.89. The van der Waals surface area contributed by atoms with E-state index in [1.165, 1.54) is 0 Å². The van der Waals surface area contributed by atoms with Crippen LogP contribution in [-0.2, 0) is 14.8 Å². The van der Waals surface area contributed by atoms with E-state index in [2.05, 4.69) is 15.0 Å². The van der Waals surface area contributed by atoms with E-state index in [4.69, 9.17) is 0 Å². The summed E-state index contributed by atoms with van der Waals surface area (Å²) in [4.78, 5) is 16.5. The van der Waals surface area contributed by atoms with Crippen LogP contribution in [0.5, 0.6) is 0 Å². The molecule has 7 heteroatoms. The van der Waals surface area contributed by atoms with Gasteiger partial charge < -0.3 is 5.32 Å². The van der Waals surface area contributed by atoms with Crippen LogP contribution in [0, 0.1) is 20.8 Å². The first-order valence-corrected chi connectivity index (χ1v) is 9.97. The predicted octanol–water partition coefficient (Wildman–Crippen LogP) is 2.55. The standard InChI is InChI=1S/C19H25N3O3S/c1-13-11-14(2)19(15(3)12-13)26(24,25)21-10-8-18(23)22-16(4)17-7-5-6-9-20-17/h5-7,9,11-12,16,21H,8,10H2,1-4H3,(H,22,23). The summed E-state index contributed by atoms with van der Waals surface area (Å²) in [6.45, 7) is 7.35. The van der Waals surface area contributed by atoms with Crippen molar-refractivity contribution in [1.82, 2.24) is 15.0 Å². The summed E-state index contributed by atoms with van der Waals surface area (Å²) >= 11 is 0. The molecule has 0 aliphatic heterocycles. The zero-order chi connectivity index (χ0) is 19.3. The van der Waals surface area contributed by atoms with Crippen molar-refractivity contribution in [3.63, 3.8) is 0 Å². The van der Waals surface area contributed by atoms with Crippen molar-refractivity contribution in [2.45, 2.75) is 45.1 Å². The molecule has 0 spiro atoms. The Bertz CT molecular complexity index is 857. The highest BCUT2D eigenvalue weighted by atomic mass is 32.2. The molecule has 1 amide bonds. The maximum Gasteiger partial charge on any atom is 0.241 e. The summed E-state index contributed by atoms with van der Waals surface area (Å²) in [7, 11) is -3.66. The molecule has 1 atom stereocenters. The Kier molecular flexibility index (Phi) is 6.50. The van der Waals surface area contributed by atoms with Gasteiger partial charge in [0.25, 0.3) is 0 Å². The lowest BCUT2D eigenvalue weighted by atomic mass is 10.1. The van der Waals surface area contributed by atoms with E-state index >= 15 is 0 Å². The van der Waals surface area contributed by atoms with Crippen LogP contribution < -0.4 is 10.0 Å². The van der Waals surface area contributed by atoms with Gasteiger partial charge in [-0.1, -0.05) is 23.8 Å². The van der Waals surface area contributed by atoms with Crippen LogP contribution in [-0.4, -0.2) is 25.9 Å². The second-order valence-corrected chi connectivity index (χ2v) is 8.12. The van der Waals surface area contributed by atoms with E-state index in [1.54, 1.807) is 20.0 Å². The van der Waals surface area contributed by atoms with Crippen LogP contribution in [0.2, 0.25) is 0 Å². The molecule has 0 saturated carbocycles. The number of sulfonamides is 1. The summed E-state index contributed by atoms with van der Waals surface area (Å²) in [5.74, 6) is -0.233. The van der Waals surface area contributed by atoms with Crippen LogP contribution in [0.4, 0.5) is 0 Å². The minimum absolute atomic E-state index is 0.0376. The van der Waals surface area contributed by atoms with Crippen molar-refractivity contribution >= 4 is 15.9 Å². The highest BCUT2D eigenvalue weighted by Crippen LogP contribution is 2.21. The summed E-state index contributed by atoms with van der Waals surface area (Å²) in [5, 5.41) is 2.82. The van der Waals surface area contributed by atoms with Gasteiger partial charge in [0, 0.05) is 19.2 Å². The van der Waals surface area contributed by atoms with Gasteiger partial charge in [0.1, 0.15) is 0 Å². The maximum atomic E-state index is 12.6. The summed E-state index contributed by atoms with van der Waals surface area (Å²) in [5.41, 5.74) is 3.17. The molecule has 2 rings (SSSR count). The van der Waals surface area contributed by atoms with Crippen molar-refractivity contribution in [3.05, 3.63) is 58.9 Å². The second kappa shape index (κ2) is 8.42. The number of aromatic nitrogens is 1. The molecule has 0 fully saturated rings. The Morgan fingerprint density at radius 2 is 1.81 bits per heavy atom. The van der Waals surface area contributed by atoms with Crippen LogP contribution in [0.15, 0.2) is 41.4 Å². The van der Waals surface area contributed by atoms with Gasteiger partial charge in [-0.3, -0.25) is 9.78 Å². The average Bonchev–Trinajstić information content (AvgIpc) is 2.54. The molecule has 1 unspecified atom stereocenters. The zero-order valence-corrected chi connectivity index (χ0v) is 16.4. The van der Waals surface area contributed by atoms with E-state index in [1.807, 2.05) is 44.2 Å². The first kappa shape index (κ1) is 20.1. The van der Waals surface area contributed by atoms with Crippen LogP contribution >= 0.6 is 0 Å². The molecule has 0 aliphatic carbocycles. The quantitative estimate of drug-likeness (QED) is 0.778. The number of rotatable bonds is 7. The van der Waals surface area contributed by atoms with Gasteiger partial charge in [-0.05, 0) is 51.0 Å². The number of aryl methyl sites for hydroxylation is 3. The third kappa shape index (κ3) is 5.12. The van der Waals surface area contributed by atoms with Crippen molar-refractivity contribution in [3.8, 4) is 0 Å². The fraction of sp³-hybridized carbons (Fsp3) is 0.368. The number of carbonyl (C=O) groups excluding carboxylic acids is 1. The van der Waals surface area contributed by atoms with Gasteiger partial charge in [-0.15, -0.1) is 0 Å². The third-order valence-corrected chi connectivity index (χ3v) is 5.79. The van der Waals surface area contributed by atoms with E-state index in [0.717, 1.165) is 11.3 Å². The van der Waals surface area contributed by atoms with Crippen LogP contribution in [0.25, 0.3) is 0 Å². The molecule has 1 aromatic heterocycles. The number of hydrogen-bond acceptors (Lipinski definition) is 4. The fourth-order valence-electron chi connectivity index (χ4n) is 2.98. The van der Waals surface area contributed by atoms with Crippen LogP contribution in [0.1, 0.15) is 41.8 Å². The molecular weight excluding hydrogens is 350 g/mol. The monoisotopic (exact) mass is 375 g/mol. The first-order chi connectivity index (χ1) is 12.2. The van der Waals surface area contributed by atoms with Crippen molar-refractivity contribution in [1.29, 1.82) is 0 Å². The number of carbonyl (C=O) groups is 1. The summed E-state index contributed by atoms with van der Waals surface area (Å²) in [6, 6.07) is 8.93. The smallest absolute Gasteiger partial charge is 0.241 e. The summed E-state index contributed by atoms with van der Waals surface area (Å²) in [6.07, 6.45) is 1.72. The van der Waals surface area contributed by atoms with E-state index in [0.29, 0.717) is 11.1 Å². The average molecular weight is 375 g/mol. The van der Waals surface area contributed by atoms with Crippen molar-refractivity contribution < 1.29 is 13.2 Å². The SMILES string of the molecule is Cc1cc(C)c(S(=O)(=O)NCCC(=O)NC(C)c2ccccn2)c(C)c1.